The zero-order valence-corrected chi connectivity index (χ0v) is 20.5. The topological polar surface area (TPSA) is 174 Å². The minimum absolute atomic E-state index is 0.278. The number of hydrogen-bond acceptors (Lipinski definition) is 13. The normalized spacial score (nSPS) is 31.3. The summed E-state index contributed by atoms with van der Waals surface area (Å²) in [5, 5.41) is 9.87. The van der Waals surface area contributed by atoms with Crippen LogP contribution in [0.3, 0.4) is 0 Å². The second-order valence-corrected chi connectivity index (χ2v) is 8.15. The number of carbonyl (C=O) groups excluding carboxylic acids is 5. The number of carbonyl (C=O) groups is 5. The monoisotopic (exact) mass is 511 g/mol. The molecule has 0 aromatic rings. The van der Waals surface area contributed by atoms with Crippen LogP contribution in [-0.4, -0.2) is 85.8 Å². The first-order chi connectivity index (χ1) is 16.9. The number of nitriles is 1. The Morgan fingerprint density at radius 1 is 0.722 bits per heavy atom. The van der Waals surface area contributed by atoms with Crippen LogP contribution in [0.2, 0.25) is 0 Å². The highest BCUT2D eigenvalue weighted by Crippen LogP contribution is 2.36. The minimum Gasteiger partial charge on any atom is -0.463 e. The molecule has 0 spiro atoms. The molecule has 0 amide bonds. The Labute approximate surface area is 207 Å². The van der Waals surface area contributed by atoms with Crippen LogP contribution >= 0.6 is 0 Å². The average Bonchev–Trinajstić information content (AvgIpc) is 2.77. The first-order valence-electron chi connectivity index (χ1n) is 11.1. The Morgan fingerprint density at radius 2 is 1.25 bits per heavy atom. The van der Waals surface area contributed by atoms with Gasteiger partial charge in [-0.05, 0) is 6.08 Å². The largest absolute Gasteiger partial charge is 0.463 e. The van der Waals surface area contributed by atoms with E-state index in [-0.39, 0.29) is 13.2 Å². The molecule has 8 atom stereocenters. The molecular weight excluding hydrogens is 482 g/mol. The van der Waals surface area contributed by atoms with Crippen molar-refractivity contribution in [2.75, 3.05) is 13.2 Å². The summed E-state index contributed by atoms with van der Waals surface area (Å²) in [7, 11) is 0. The Hall–Kier alpha value is -3.50. The number of esters is 5. The highest BCUT2D eigenvalue weighted by molar-refractivity contribution is 5.68. The van der Waals surface area contributed by atoms with Gasteiger partial charge in [-0.3, -0.25) is 24.0 Å². The molecule has 0 radical (unpaired) electrons. The number of ether oxygens (including phenoxy) is 7. The van der Waals surface area contributed by atoms with E-state index in [4.69, 9.17) is 33.2 Å². The van der Waals surface area contributed by atoms with E-state index in [1.54, 1.807) is 0 Å². The van der Waals surface area contributed by atoms with Gasteiger partial charge < -0.3 is 33.2 Å². The van der Waals surface area contributed by atoms with Crippen LogP contribution < -0.4 is 0 Å². The standard InChI is InChI=1S/C23H29NO12/c1-11(25)30-9-19-16(32-13(3)27)6-7-17(35-19)21-18(8-24)36-20(10-31-12(2)26)22(33-14(4)28)23(21)34-15(5)29/h6-7,16-23H,9-10H2,1-5H3/t16-,17-,18+,19+,20+,21-,22+,23+/m0/s1. The van der Waals surface area contributed by atoms with E-state index >= 15 is 0 Å². The van der Waals surface area contributed by atoms with Crippen LogP contribution in [0, 0.1) is 17.2 Å². The van der Waals surface area contributed by atoms with E-state index in [1.165, 1.54) is 32.9 Å². The summed E-state index contributed by atoms with van der Waals surface area (Å²) < 4.78 is 38.0. The first kappa shape index (κ1) is 28.7. The van der Waals surface area contributed by atoms with Gasteiger partial charge in [-0.2, -0.15) is 5.26 Å². The Morgan fingerprint density at radius 3 is 1.75 bits per heavy atom. The molecule has 0 N–H and O–H groups in total. The van der Waals surface area contributed by atoms with Crippen LogP contribution in [0.25, 0.3) is 0 Å². The van der Waals surface area contributed by atoms with Gasteiger partial charge >= 0.3 is 29.8 Å². The maximum atomic E-state index is 12.0. The second-order valence-electron chi connectivity index (χ2n) is 8.15. The van der Waals surface area contributed by atoms with E-state index < -0.39 is 78.5 Å². The van der Waals surface area contributed by atoms with Crippen LogP contribution in [0.4, 0.5) is 0 Å². The molecule has 0 bridgehead atoms. The van der Waals surface area contributed by atoms with Crippen LogP contribution in [-0.2, 0) is 57.1 Å². The van der Waals surface area contributed by atoms with Crippen LogP contribution in [0.5, 0.6) is 0 Å². The quantitative estimate of drug-likeness (QED) is 0.245. The van der Waals surface area contributed by atoms with Crippen molar-refractivity contribution in [1.29, 1.82) is 5.26 Å². The molecule has 2 heterocycles. The molecule has 0 saturated carbocycles. The van der Waals surface area contributed by atoms with Crippen molar-refractivity contribution in [3.05, 3.63) is 12.2 Å². The van der Waals surface area contributed by atoms with Gasteiger partial charge in [0, 0.05) is 34.6 Å². The van der Waals surface area contributed by atoms with Gasteiger partial charge in [0.15, 0.2) is 18.3 Å². The van der Waals surface area contributed by atoms with E-state index in [0.29, 0.717) is 0 Å². The summed E-state index contributed by atoms with van der Waals surface area (Å²) in [6.07, 6.45) is -4.77. The summed E-state index contributed by atoms with van der Waals surface area (Å²) in [5.41, 5.74) is 0. The molecule has 0 aromatic carbocycles. The first-order valence-corrected chi connectivity index (χ1v) is 11.1. The van der Waals surface area contributed by atoms with E-state index in [2.05, 4.69) is 0 Å². The van der Waals surface area contributed by atoms with Crippen LogP contribution in [0.1, 0.15) is 34.6 Å². The molecule has 0 aliphatic carbocycles. The lowest BCUT2D eigenvalue weighted by Gasteiger charge is -2.46. The van der Waals surface area contributed by atoms with Crippen molar-refractivity contribution in [1.82, 2.24) is 0 Å². The predicted molar refractivity (Wildman–Crippen MR) is 115 cm³/mol. The van der Waals surface area contributed by atoms with Gasteiger partial charge in [0.2, 0.25) is 0 Å². The fraction of sp³-hybridized carbons (Fsp3) is 0.652. The van der Waals surface area contributed by atoms with E-state index in [9.17, 15) is 29.2 Å². The van der Waals surface area contributed by atoms with Crippen molar-refractivity contribution in [3.8, 4) is 6.07 Å². The molecule has 198 valence electrons. The van der Waals surface area contributed by atoms with Crippen molar-refractivity contribution in [3.63, 3.8) is 0 Å². The van der Waals surface area contributed by atoms with Crippen LogP contribution in [0.15, 0.2) is 12.2 Å². The third kappa shape index (κ3) is 8.03. The van der Waals surface area contributed by atoms with Gasteiger partial charge in [-0.15, -0.1) is 0 Å². The molecule has 13 nitrogen and oxygen atoms in total. The van der Waals surface area contributed by atoms with Gasteiger partial charge in [0.1, 0.15) is 31.5 Å². The zero-order valence-electron chi connectivity index (χ0n) is 20.5. The lowest BCUT2D eigenvalue weighted by Crippen LogP contribution is -2.62. The van der Waals surface area contributed by atoms with Gasteiger partial charge in [0.05, 0.1) is 18.1 Å². The third-order valence-corrected chi connectivity index (χ3v) is 5.24. The minimum atomic E-state index is -1.27. The average molecular weight is 511 g/mol. The van der Waals surface area contributed by atoms with Crippen molar-refractivity contribution < 1.29 is 57.1 Å². The van der Waals surface area contributed by atoms with Gasteiger partial charge in [-0.25, -0.2) is 0 Å². The fourth-order valence-electron chi connectivity index (χ4n) is 3.97. The molecule has 1 fully saturated rings. The fourth-order valence-corrected chi connectivity index (χ4v) is 3.97. The molecule has 0 aromatic heterocycles. The zero-order chi connectivity index (χ0) is 27.0. The molecule has 13 heteroatoms. The lowest BCUT2D eigenvalue weighted by atomic mass is 9.81. The van der Waals surface area contributed by atoms with Crippen molar-refractivity contribution in [2.45, 2.75) is 77.3 Å². The SMILES string of the molecule is CC(=O)OC[C@H]1O[C@H](C#N)[C@H]([C@@H]2C=C[C@H](OC(C)=O)[C@@H](COC(C)=O)O2)[C@@H](OC(C)=O)[C@@H]1OC(C)=O. The molecule has 0 unspecified atom stereocenters. The summed E-state index contributed by atoms with van der Waals surface area (Å²) in [6.45, 7) is 5.18. The molecule has 2 aliphatic heterocycles. The maximum absolute atomic E-state index is 12.0. The van der Waals surface area contributed by atoms with E-state index in [0.717, 1.165) is 13.8 Å². The molecule has 1 saturated heterocycles. The number of nitrogens with zero attached hydrogens (tertiary/aromatic N) is 1. The summed E-state index contributed by atoms with van der Waals surface area (Å²) in [5.74, 6) is -4.33. The smallest absolute Gasteiger partial charge is 0.303 e. The molecular formula is C23H29NO12. The third-order valence-electron chi connectivity index (χ3n) is 5.24. The summed E-state index contributed by atoms with van der Waals surface area (Å²) in [6, 6.07) is 1.98. The van der Waals surface area contributed by atoms with Gasteiger partial charge in [-0.1, -0.05) is 6.08 Å². The molecule has 36 heavy (non-hydrogen) atoms. The molecule has 2 rings (SSSR count). The Kier molecular flexibility index (Phi) is 10.4. The van der Waals surface area contributed by atoms with Crippen molar-refractivity contribution in [2.24, 2.45) is 5.92 Å². The predicted octanol–water partition coefficient (Wildman–Crippen LogP) is 0.138. The second kappa shape index (κ2) is 13.0. The van der Waals surface area contributed by atoms with E-state index in [1.807, 2.05) is 6.07 Å². The Balaban J connectivity index is 2.46. The van der Waals surface area contributed by atoms with Gasteiger partial charge in [0.25, 0.3) is 0 Å². The lowest BCUT2D eigenvalue weighted by molar-refractivity contribution is -0.242. The number of rotatable bonds is 8. The molecule has 2 aliphatic rings. The Bertz CT molecular complexity index is 925. The van der Waals surface area contributed by atoms with Crippen molar-refractivity contribution >= 4 is 29.8 Å². The highest BCUT2D eigenvalue weighted by Gasteiger charge is 2.54. The number of hydrogen-bond donors (Lipinski definition) is 0. The summed E-state index contributed by atoms with van der Waals surface area (Å²) >= 11 is 0. The highest BCUT2D eigenvalue weighted by atomic mass is 16.6. The summed E-state index contributed by atoms with van der Waals surface area (Å²) in [4.78, 5) is 58.1. The maximum Gasteiger partial charge on any atom is 0.303 e.